The minimum Gasteiger partial charge on any atom is -0.452 e. The average Bonchev–Trinajstić information content (AvgIpc) is 2.60. The lowest BCUT2D eigenvalue weighted by atomic mass is 9.70. The second kappa shape index (κ2) is 8.61. The minimum absolute atomic E-state index is 0.106. The lowest BCUT2D eigenvalue weighted by Crippen LogP contribution is -2.34. The molecule has 1 fully saturated rings. The molecule has 0 radical (unpaired) electrons. The smallest absolute Gasteiger partial charge is 0.309 e. The molecule has 7 nitrogen and oxygen atoms in total. The monoisotopic (exact) mass is 410 g/mol. The van der Waals surface area contributed by atoms with Gasteiger partial charge in [-0.15, -0.1) is 0 Å². The van der Waals surface area contributed by atoms with Gasteiger partial charge in [-0.05, 0) is 62.1 Å². The Morgan fingerprint density at radius 3 is 2.32 bits per heavy atom. The van der Waals surface area contributed by atoms with E-state index in [2.05, 4.69) is 26.1 Å². The predicted molar refractivity (Wildman–Crippen MR) is 107 cm³/mol. The van der Waals surface area contributed by atoms with Crippen molar-refractivity contribution < 1.29 is 22.7 Å². The zero-order valence-corrected chi connectivity index (χ0v) is 17.7. The van der Waals surface area contributed by atoms with Gasteiger partial charge in [0.05, 0.1) is 10.8 Å². The molecule has 1 unspecified atom stereocenters. The third kappa shape index (κ3) is 6.04. The van der Waals surface area contributed by atoms with Crippen molar-refractivity contribution in [3.63, 3.8) is 0 Å². The Balaban J connectivity index is 1.90. The van der Waals surface area contributed by atoms with E-state index in [-0.39, 0.29) is 27.9 Å². The number of primary sulfonamides is 1. The van der Waals surface area contributed by atoms with Crippen molar-refractivity contribution in [2.75, 3.05) is 5.32 Å². The van der Waals surface area contributed by atoms with Crippen LogP contribution in [0.15, 0.2) is 29.2 Å². The van der Waals surface area contributed by atoms with Crippen molar-refractivity contribution in [3.05, 3.63) is 24.3 Å². The normalized spacial score (nSPS) is 21.6. The molecule has 1 aliphatic carbocycles. The number of nitrogens with one attached hydrogen (secondary N) is 1. The molecule has 0 spiro atoms. The summed E-state index contributed by atoms with van der Waals surface area (Å²) in [4.78, 5) is 24.6. The molecule has 0 saturated heterocycles. The van der Waals surface area contributed by atoms with Crippen molar-refractivity contribution in [1.29, 1.82) is 0 Å². The molecule has 1 saturated carbocycles. The van der Waals surface area contributed by atoms with Gasteiger partial charge >= 0.3 is 5.97 Å². The first-order valence-electron chi connectivity index (χ1n) is 9.52. The number of hydrogen-bond acceptors (Lipinski definition) is 5. The maximum absolute atomic E-state index is 12.4. The van der Waals surface area contributed by atoms with E-state index < -0.39 is 22.0 Å². The van der Waals surface area contributed by atoms with Gasteiger partial charge in [-0.3, -0.25) is 9.59 Å². The fourth-order valence-corrected chi connectivity index (χ4v) is 4.07. The molecule has 0 aromatic heterocycles. The van der Waals surface area contributed by atoms with E-state index in [4.69, 9.17) is 9.88 Å². The standard InChI is InChI=1S/C20H30N2O5S/c1-13(18(23)22-16-6-5-7-17(12-16)28(21,25)26)27-19(24)14-8-10-15(11-9-14)20(2,3)4/h5-7,12-15H,8-11H2,1-4H3,(H,22,23)(H2,21,25,26). The Morgan fingerprint density at radius 2 is 1.79 bits per heavy atom. The van der Waals surface area contributed by atoms with Crippen LogP contribution in [-0.2, 0) is 24.3 Å². The summed E-state index contributed by atoms with van der Waals surface area (Å²) in [6, 6.07) is 5.60. The van der Waals surface area contributed by atoms with Crippen LogP contribution in [0, 0.1) is 17.3 Å². The van der Waals surface area contributed by atoms with Gasteiger partial charge in [0.2, 0.25) is 10.0 Å². The Bertz CT molecular complexity index is 821. The number of carbonyl (C=O) groups excluding carboxylic acids is 2. The number of rotatable bonds is 5. The first kappa shape index (κ1) is 22.4. The molecule has 1 aliphatic rings. The molecule has 1 atom stereocenters. The quantitative estimate of drug-likeness (QED) is 0.724. The predicted octanol–water partition coefficient (Wildman–Crippen LogP) is 3.06. The highest BCUT2D eigenvalue weighted by Gasteiger charge is 2.34. The van der Waals surface area contributed by atoms with Gasteiger partial charge in [-0.1, -0.05) is 26.8 Å². The van der Waals surface area contributed by atoms with E-state index in [1.54, 1.807) is 0 Å². The van der Waals surface area contributed by atoms with Crippen molar-refractivity contribution in [1.82, 2.24) is 0 Å². The number of hydrogen-bond donors (Lipinski definition) is 2. The number of amides is 1. The zero-order chi connectivity index (χ0) is 21.1. The van der Waals surface area contributed by atoms with Crippen LogP contribution in [0.2, 0.25) is 0 Å². The van der Waals surface area contributed by atoms with Gasteiger partial charge in [0.25, 0.3) is 5.91 Å². The molecule has 28 heavy (non-hydrogen) atoms. The zero-order valence-electron chi connectivity index (χ0n) is 16.9. The summed E-state index contributed by atoms with van der Waals surface area (Å²) >= 11 is 0. The lowest BCUT2D eigenvalue weighted by molar-refractivity contribution is -0.158. The third-order valence-electron chi connectivity index (χ3n) is 5.38. The maximum Gasteiger partial charge on any atom is 0.309 e. The number of sulfonamides is 1. The summed E-state index contributed by atoms with van der Waals surface area (Å²) in [6.07, 6.45) is 2.51. The fourth-order valence-electron chi connectivity index (χ4n) is 3.51. The van der Waals surface area contributed by atoms with E-state index in [1.165, 1.54) is 31.2 Å². The fraction of sp³-hybridized carbons (Fsp3) is 0.600. The summed E-state index contributed by atoms with van der Waals surface area (Å²) < 4.78 is 28.2. The molecule has 1 amide bonds. The van der Waals surface area contributed by atoms with Gasteiger partial charge in [0, 0.05) is 5.69 Å². The third-order valence-corrected chi connectivity index (χ3v) is 6.29. The first-order chi connectivity index (χ1) is 12.9. The summed E-state index contributed by atoms with van der Waals surface area (Å²) in [6.45, 7) is 8.15. The van der Waals surface area contributed by atoms with Crippen LogP contribution in [0.1, 0.15) is 53.4 Å². The molecular weight excluding hydrogens is 380 g/mol. The Kier molecular flexibility index (Phi) is 6.88. The van der Waals surface area contributed by atoms with Crippen molar-refractivity contribution in [3.8, 4) is 0 Å². The second-order valence-electron chi connectivity index (χ2n) is 8.56. The highest BCUT2D eigenvalue weighted by Crippen LogP contribution is 2.40. The number of benzene rings is 1. The summed E-state index contributed by atoms with van der Waals surface area (Å²) in [5.74, 6) is -0.473. The van der Waals surface area contributed by atoms with Gasteiger partial charge in [-0.25, -0.2) is 13.6 Å². The minimum atomic E-state index is -3.87. The van der Waals surface area contributed by atoms with Crippen LogP contribution in [0.5, 0.6) is 0 Å². The van der Waals surface area contributed by atoms with Crippen LogP contribution in [0.25, 0.3) is 0 Å². The topological polar surface area (TPSA) is 116 Å². The van der Waals surface area contributed by atoms with Crippen LogP contribution in [-0.4, -0.2) is 26.4 Å². The second-order valence-corrected chi connectivity index (χ2v) is 10.1. The van der Waals surface area contributed by atoms with Crippen molar-refractivity contribution in [2.24, 2.45) is 22.4 Å². The molecule has 156 valence electrons. The average molecular weight is 411 g/mol. The Hall–Kier alpha value is -1.93. The van der Waals surface area contributed by atoms with Crippen LogP contribution >= 0.6 is 0 Å². The number of nitrogens with two attached hydrogens (primary N) is 1. The summed E-state index contributed by atoms with van der Waals surface area (Å²) in [5.41, 5.74) is 0.498. The molecule has 3 N–H and O–H groups in total. The molecule has 2 rings (SSSR count). The highest BCUT2D eigenvalue weighted by atomic mass is 32.2. The molecule has 0 bridgehead atoms. The summed E-state index contributed by atoms with van der Waals surface area (Å²) in [7, 11) is -3.87. The molecule has 8 heteroatoms. The molecular formula is C20H30N2O5S. The van der Waals surface area contributed by atoms with E-state index in [0.29, 0.717) is 5.92 Å². The highest BCUT2D eigenvalue weighted by molar-refractivity contribution is 7.89. The molecule has 1 aromatic carbocycles. The van der Waals surface area contributed by atoms with Crippen LogP contribution in [0.4, 0.5) is 5.69 Å². The van der Waals surface area contributed by atoms with Crippen molar-refractivity contribution in [2.45, 2.75) is 64.4 Å². The van der Waals surface area contributed by atoms with E-state index in [9.17, 15) is 18.0 Å². The Labute approximate surface area is 167 Å². The maximum atomic E-state index is 12.4. The molecule has 0 heterocycles. The van der Waals surface area contributed by atoms with Crippen LogP contribution < -0.4 is 10.5 Å². The largest absolute Gasteiger partial charge is 0.452 e. The van der Waals surface area contributed by atoms with Gasteiger partial charge in [0.15, 0.2) is 6.10 Å². The van der Waals surface area contributed by atoms with E-state index in [1.807, 2.05) is 0 Å². The number of ether oxygens (including phenoxy) is 1. The molecule has 0 aliphatic heterocycles. The van der Waals surface area contributed by atoms with Gasteiger partial charge in [0.1, 0.15) is 0 Å². The van der Waals surface area contributed by atoms with E-state index >= 15 is 0 Å². The van der Waals surface area contributed by atoms with Crippen LogP contribution in [0.3, 0.4) is 0 Å². The number of anilines is 1. The number of carbonyl (C=O) groups is 2. The van der Waals surface area contributed by atoms with E-state index in [0.717, 1.165) is 25.7 Å². The Morgan fingerprint density at radius 1 is 1.18 bits per heavy atom. The van der Waals surface area contributed by atoms with Gasteiger partial charge in [-0.2, -0.15) is 0 Å². The van der Waals surface area contributed by atoms with Crippen molar-refractivity contribution >= 4 is 27.6 Å². The first-order valence-corrected chi connectivity index (χ1v) is 11.1. The number of esters is 1. The lowest BCUT2D eigenvalue weighted by Gasteiger charge is -2.36. The summed E-state index contributed by atoms with van der Waals surface area (Å²) in [5, 5.41) is 7.64. The molecule has 1 aromatic rings. The SMILES string of the molecule is CC(OC(=O)C1CCC(C(C)(C)C)CC1)C(=O)Nc1cccc(S(N)(=O)=O)c1. The van der Waals surface area contributed by atoms with Gasteiger partial charge < -0.3 is 10.1 Å².